The number of carbonyl (C=O) groups excluding carboxylic acids is 5. The van der Waals surface area contributed by atoms with Crippen LogP contribution in [0.2, 0.25) is 0 Å². The highest BCUT2D eigenvalue weighted by Crippen LogP contribution is 2.12. The number of nitrogens with one attached hydrogen (secondary N) is 4. The zero-order valence-corrected chi connectivity index (χ0v) is 20.1. The van der Waals surface area contributed by atoms with Gasteiger partial charge in [0, 0.05) is 0 Å². The van der Waals surface area contributed by atoms with Crippen molar-refractivity contribution in [3.63, 3.8) is 0 Å². The number of ether oxygens (including phenoxy) is 2. The van der Waals surface area contributed by atoms with E-state index in [-0.39, 0.29) is 6.42 Å². The molecular formula is C21H36N4O7. The van der Waals surface area contributed by atoms with Crippen molar-refractivity contribution >= 4 is 29.8 Å². The van der Waals surface area contributed by atoms with Gasteiger partial charge in [-0.2, -0.15) is 0 Å². The molecule has 0 heterocycles. The summed E-state index contributed by atoms with van der Waals surface area (Å²) in [5.41, 5.74) is -2.16. The highest BCUT2D eigenvalue weighted by Gasteiger charge is 2.37. The van der Waals surface area contributed by atoms with Gasteiger partial charge in [-0.25, -0.2) is 9.59 Å². The maximum atomic E-state index is 12.7. The van der Waals surface area contributed by atoms with Crippen LogP contribution in [0.15, 0.2) is 12.7 Å². The molecule has 11 nitrogen and oxygen atoms in total. The van der Waals surface area contributed by atoms with Gasteiger partial charge in [0.25, 0.3) is 0 Å². The second-order valence-corrected chi connectivity index (χ2v) is 8.63. The molecule has 0 radical (unpaired) electrons. The van der Waals surface area contributed by atoms with Crippen LogP contribution in [0.3, 0.4) is 0 Å². The first kappa shape index (κ1) is 28.9. The normalized spacial score (nSPS) is 15.6. The quantitative estimate of drug-likeness (QED) is 0.276. The Morgan fingerprint density at radius 3 is 1.88 bits per heavy atom. The van der Waals surface area contributed by atoms with E-state index < -0.39 is 59.0 Å². The number of alkyl carbamates (subject to hydrolysis) is 1. The molecule has 0 rings (SSSR count). The van der Waals surface area contributed by atoms with Gasteiger partial charge in [0.15, 0.2) is 0 Å². The number of hydrogen-bond acceptors (Lipinski definition) is 7. The van der Waals surface area contributed by atoms with Crippen molar-refractivity contribution in [1.82, 2.24) is 21.3 Å². The van der Waals surface area contributed by atoms with Gasteiger partial charge in [-0.3, -0.25) is 14.4 Å². The van der Waals surface area contributed by atoms with Crippen molar-refractivity contribution in [2.75, 3.05) is 7.11 Å². The van der Waals surface area contributed by atoms with Crippen molar-refractivity contribution in [2.45, 2.75) is 84.2 Å². The van der Waals surface area contributed by atoms with Crippen LogP contribution in [0, 0.1) is 0 Å². The van der Waals surface area contributed by atoms with Crippen LogP contribution in [0.25, 0.3) is 0 Å². The zero-order valence-electron chi connectivity index (χ0n) is 20.1. The van der Waals surface area contributed by atoms with Gasteiger partial charge < -0.3 is 30.7 Å². The molecule has 0 unspecified atom stereocenters. The van der Waals surface area contributed by atoms with Gasteiger partial charge in [-0.05, 0) is 54.9 Å². The second-order valence-electron chi connectivity index (χ2n) is 8.63. The van der Waals surface area contributed by atoms with Crippen LogP contribution >= 0.6 is 0 Å². The highest BCUT2D eigenvalue weighted by atomic mass is 16.6. The Balaban J connectivity index is 5.07. The SMILES string of the molecule is C=CC[C@@](C)(NC(=O)[C@H](C)NC(=O)[C@H](C)NC(=O)OC(C)(C)C)C(=O)N[C@H](C)C(=O)OC. The molecule has 4 amide bonds. The standard InChI is InChI=1S/C21H36N4O7/c1-10-11-21(8,18(29)23-14(4)17(28)31-9)25-16(27)13(3)22-15(26)12(2)24-19(30)32-20(5,6)7/h10,12-14H,1,11H2,2-9H3,(H,22,26)(H,23,29)(H,24,30)(H,25,27)/t12-,13-,14+,21+/m0/s1. The fourth-order valence-corrected chi connectivity index (χ4v) is 2.41. The lowest BCUT2D eigenvalue weighted by molar-refractivity contribution is -0.145. The number of esters is 1. The fraction of sp³-hybridized carbons (Fsp3) is 0.667. The topological polar surface area (TPSA) is 152 Å². The van der Waals surface area contributed by atoms with E-state index in [2.05, 4.69) is 32.6 Å². The molecular weight excluding hydrogens is 420 g/mol. The zero-order chi connectivity index (χ0) is 25.3. The van der Waals surface area contributed by atoms with E-state index in [1.807, 2.05) is 0 Å². The lowest BCUT2D eigenvalue weighted by Gasteiger charge is -2.31. The summed E-state index contributed by atoms with van der Waals surface area (Å²) in [5, 5.41) is 9.89. The fourth-order valence-electron chi connectivity index (χ4n) is 2.41. The van der Waals surface area contributed by atoms with E-state index in [9.17, 15) is 24.0 Å². The van der Waals surface area contributed by atoms with Crippen molar-refractivity contribution in [2.24, 2.45) is 0 Å². The minimum Gasteiger partial charge on any atom is -0.467 e. The Labute approximate surface area is 189 Å². The molecule has 0 saturated carbocycles. The highest BCUT2D eigenvalue weighted by molar-refractivity contribution is 5.96. The summed E-state index contributed by atoms with van der Waals surface area (Å²) < 4.78 is 9.67. The summed E-state index contributed by atoms with van der Waals surface area (Å²) in [6, 6.07) is -2.92. The van der Waals surface area contributed by atoms with Crippen molar-refractivity contribution < 1.29 is 33.4 Å². The molecule has 0 bridgehead atoms. The third kappa shape index (κ3) is 9.80. The van der Waals surface area contributed by atoms with E-state index in [1.54, 1.807) is 20.8 Å². The van der Waals surface area contributed by atoms with Crippen LogP contribution < -0.4 is 21.3 Å². The first-order chi connectivity index (χ1) is 14.6. The maximum Gasteiger partial charge on any atom is 0.408 e. The molecule has 0 spiro atoms. The average molecular weight is 457 g/mol. The van der Waals surface area contributed by atoms with E-state index in [0.717, 1.165) is 0 Å². The van der Waals surface area contributed by atoms with Gasteiger partial charge in [0.1, 0.15) is 29.3 Å². The van der Waals surface area contributed by atoms with Crippen LogP contribution in [-0.4, -0.2) is 66.2 Å². The van der Waals surface area contributed by atoms with Crippen molar-refractivity contribution in [3.8, 4) is 0 Å². The van der Waals surface area contributed by atoms with E-state index in [1.165, 1.54) is 40.9 Å². The maximum absolute atomic E-state index is 12.7. The summed E-state index contributed by atoms with van der Waals surface area (Å²) >= 11 is 0. The third-order valence-corrected chi connectivity index (χ3v) is 4.23. The first-order valence-electron chi connectivity index (χ1n) is 10.2. The van der Waals surface area contributed by atoms with Gasteiger partial charge in [-0.1, -0.05) is 6.08 Å². The molecule has 0 saturated heterocycles. The molecule has 0 fully saturated rings. The number of rotatable bonds is 10. The molecule has 0 aromatic heterocycles. The summed E-state index contributed by atoms with van der Waals surface area (Å²) in [5.74, 6) is -2.53. The summed E-state index contributed by atoms with van der Waals surface area (Å²) in [6.07, 6.45) is 0.737. The Hall–Kier alpha value is -3.11. The van der Waals surface area contributed by atoms with Gasteiger partial charge >= 0.3 is 12.1 Å². The molecule has 32 heavy (non-hydrogen) atoms. The predicted molar refractivity (Wildman–Crippen MR) is 117 cm³/mol. The molecule has 0 aromatic carbocycles. The lowest BCUT2D eigenvalue weighted by Crippen LogP contribution is -2.62. The van der Waals surface area contributed by atoms with Gasteiger partial charge in [0.2, 0.25) is 17.7 Å². The average Bonchev–Trinajstić information content (AvgIpc) is 2.65. The largest absolute Gasteiger partial charge is 0.467 e. The van der Waals surface area contributed by atoms with Crippen LogP contribution in [-0.2, 0) is 28.7 Å². The van der Waals surface area contributed by atoms with Gasteiger partial charge in [-0.15, -0.1) is 6.58 Å². The minimum atomic E-state index is -1.43. The number of methoxy groups -OCH3 is 1. The lowest BCUT2D eigenvalue weighted by atomic mass is 9.95. The van der Waals surface area contributed by atoms with E-state index in [4.69, 9.17) is 4.74 Å². The van der Waals surface area contributed by atoms with Gasteiger partial charge in [0.05, 0.1) is 7.11 Å². The van der Waals surface area contributed by atoms with E-state index >= 15 is 0 Å². The molecule has 0 aliphatic rings. The van der Waals surface area contributed by atoms with E-state index in [0.29, 0.717) is 0 Å². The first-order valence-corrected chi connectivity index (χ1v) is 10.2. The monoisotopic (exact) mass is 456 g/mol. The van der Waals surface area contributed by atoms with Crippen molar-refractivity contribution in [1.29, 1.82) is 0 Å². The Kier molecular flexibility index (Phi) is 10.9. The minimum absolute atomic E-state index is 0.0652. The van der Waals surface area contributed by atoms with Crippen LogP contribution in [0.1, 0.15) is 54.9 Å². The van der Waals surface area contributed by atoms with Crippen LogP contribution in [0.5, 0.6) is 0 Å². The summed E-state index contributed by atoms with van der Waals surface area (Å²) in [6.45, 7) is 14.4. The Morgan fingerprint density at radius 2 is 1.41 bits per heavy atom. The number of amides is 4. The van der Waals surface area contributed by atoms with Crippen LogP contribution in [0.4, 0.5) is 4.79 Å². The summed E-state index contributed by atoms with van der Waals surface area (Å²) in [4.78, 5) is 61.0. The number of hydrogen-bond donors (Lipinski definition) is 4. The molecule has 0 aromatic rings. The predicted octanol–water partition coefficient (Wildman–Crippen LogP) is 0.533. The summed E-state index contributed by atoms with van der Waals surface area (Å²) in [7, 11) is 1.19. The third-order valence-electron chi connectivity index (χ3n) is 4.23. The number of carbonyl (C=O) groups is 5. The molecule has 4 atom stereocenters. The second kappa shape index (κ2) is 12.1. The van der Waals surface area contributed by atoms with Crippen molar-refractivity contribution in [3.05, 3.63) is 12.7 Å². The molecule has 0 aliphatic heterocycles. The molecule has 11 heteroatoms. The smallest absolute Gasteiger partial charge is 0.408 e. The molecule has 4 N–H and O–H groups in total. The molecule has 182 valence electrons. The Morgan fingerprint density at radius 1 is 0.875 bits per heavy atom. The molecule has 0 aliphatic carbocycles. The Bertz CT molecular complexity index is 732.